The first-order valence-corrected chi connectivity index (χ1v) is 15.1. The Kier molecular flexibility index (Phi) is 7.47. The van der Waals surface area contributed by atoms with Crippen LogP contribution in [0.2, 0.25) is 13.1 Å². The molecule has 4 rings (SSSR count). The summed E-state index contributed by atoms with van der Waals surface area (Å²) in [7, 11) is -0.362. The van der Waals surface area contributed by atoms with Gasteiger partial charge >= 0.3 is 0 Å². The standard InChI is InChI=1S/C31H35NOSi/c1-25(26-17-9-5-10-18-26)32-34(3,4)30(33-2)31(27-19-11-6-12-20-27,28-21-13-7-14-22-28)29-23-15-8-16-24-29/h5-25,30,32H,1-4H3/t25-,30-/m0/s1. The van der Waals surface area contributed by atoms with E-state index in [1.165, 1.54) is 22.3 Å². The van der Waals surface area contributed by atoms with Gasteiger partial charge < -0.3 is 9.72 Å². The summed E-state index contributed by atoms with van der Waals surface area (Å²) in [6.07, 6.45) is 0. The minimum absolute atomic E-state index is 0.0710. The SMILES string of the molecule is CO[C@H](C(c1ccccc1)(c1ccccc1)c1ccccc1)[Si](C)(C)N[C@@H](C)c1ccccc1. The monoisotopic (exact) mass is 465 g/mol. The van der Waals surface area contributed by atoms with Crippen LogP contribution in [0.1, 0.15) is 35.2 Å². The molecular formula is C31H35NOSi. The molecule has 3 heteroatoms. The normalized spacial score (nSPS) is 13.9. The molecule has 2 nitrogen and oxygen atoms in total. The molecule has 0 bridgehead atoms. The van der Waals surface area contributed by atoms with Crippen LogP contribution in [-0.4, -0.2) is 21.1 Å². The van der Waals surface area contributed by atoms with Crippen molar-refractivity contribution in [2.75, 3.05) is 7.11 Å². The van der Waals surface area contributed by atoms with Gasteiger partial charge in [0.05, 0.1) is 11.1 Å². The lowest BCUT2D eigenvalue weighted by molar-refractivity contribution is 0.114. The Morgan fingerprint density at radius 3 is 1.32 bits per heavy atom. The topological polar surface area (TPSA) is 21.3 Å². The molecule has 0 radical (unpaired) electrons. The molecule has 0 saturated heterocycles. The van der Waals surface area contributed by atoms with Crippen LogP contribution in [0.3, 0.4) is 0 Å². The molecule has 0 aromatic heterocycles. The van der Waals surface area contributed by atoms with E-state index in [-0.39, 0.29) is 11.8 Å². The third kappa shape index (κ3) is 4.65. The van der Waals surface area contributed by atoms with Crippen molar-refractivity contribution < 1.29 is 4.74 Å². The van der Waals surface area contributed by atoms with Crippen molar-refractivity contribution >= 4 is 8.24 Å². The Balaban J connectivity index is 1.93. The Labute approximate surface area is 205 Å². The minimum Gasteiger partial charge on any atom is -0.382 e. The van der Waals surface area contributed by atoms with Crippen LogP contribution in [0.15, 0.2) is 121 Å². The zero-order valence-electron chi connectivity index (χ0n) is 20.6. The van der Waals surface area contributed by atoms with E-state index in [2.05, 4.69) is 146 Å². The van der Waals surface area contributed by atoms with Crippen molar-refractivity contribution in [3.8, 4) is 0 Å². The molecule has 0 aliphatic carbocycles. The average molecular weight is 466 g/mol. The Morgan fingerprint density at radius 1 is 0.618 bits per heavy atom. The lowest BCUT2D eigenvalue weighted by Crippen LogP contribution is -2.64. The van der Waals surface area contributed by atoms with Crippen LogP contribution in [-0.2, 0) is 10.2 Å². The quantitative estimate of drug-likeness (QED) is 0.210. The summed E-state index contributed by atoms with van der Waals surface area (Å²) in [5.41, 5.74) is 4.50. The van der Waals surface area contributed by atoms with Crippen molar-refractivity contribution in [3.63, 3.8) is 0 Å². The smallest absolute Gasteiger partial charge is 0.153 e. The first-order valence-electron chi connectivity index (χ1n) is 12.0. The first kappa shape index (κ1) is 24.2. The molecule has 0 amide bonds. The molecular weight excluding hydrogens is 430 g/mol. The van der Waals surface area contributed by atoms with Crippen LogP contribution in [0.25, 0.3) is 0 Å². The summed E-state index contributed by atoms with van der Waals surface area (Å²) >= 11 is 0. The molecule has 2 atom stereocenters. The Bertz CT molecular complexity index is 1050. The van der Waals surface area contributed by atoms with Crippen molar-refractivity contribution in [3.05, 3.63) is 144 Å². The lowest BCUT2D eigenvalue weighted by Gasteiger charge is -2.48. The third-order valence-electron chi connectivity index (χ3n) is 6.86. The summed E-state index contributed by atoms with van der Waals surface area (Å²) in [4.78, 5) is 4.05. The fourth-order valence-corrected chi connectivity index (χ4v) is 9.13. The zero-order valence-corrected chi connectivity index (χ0v) is 21.6. The van der Waals surface area contributed by atoms with Crippen molar-refractivity contribution in [2.24, 2.45) is 0 Å². The summed E-state index contributed by atoms with van der Waals surface area (Å²) in [6.45, 7) is 7.04. The minimum atomic E-state index is -2.23. The second kappa shape index (κ2) is 10.5. The zero-order chi connectivity index (χ0) is 24.0. The molecule has 34 heavy (non-hydrogen) atoms. The molecule has 0 aliphatic rings. The summed E-state index contributed by atoms with van der Waals surface area (Å²) in [5, 5.41) is 0. The van der Waals surface area contributed by atoms with Crippen molar-refractivity contribution in [1.29, 1.82) is 0 Å². The van der Waals surface area contributed by atoms with Crippen molar-refractivity contribution in [2.45, 2.75) is 37.2 Å². The molecule has 1 N–H and O–H groups in total. The van der Waals surface area contributed by atoms with Crippen LogP contribution >= 0.6 is 0 Å². The summed E-state index contributed by atoms with van der Waals surface area (Å²) < 4.78 is 6.58. The van der Waals surface area contributed by atoms with Gasteiger partial charge in [0, 0.05) is 13.2 Å². The van der Waals surface area contributed by atoms with Gasteiger partial charge in [0.25, 0.3) is 0 Å². The number of rotatable bonds is 9. The van der Waals surface area contributed by atoms with E-state index in [1.54, 1.807) is 0 Å². The van der Waals surface area contributed by atoms with E-state index < -0.39 is 13.7 Å². The number of methoxy groups -OCH3 is 1. The number of hydrogen-bond donors (Lipinski definition) is 1. The maximum atomic E-state index is 6.58. The van der Waals surface area contributed by atoms with Gasteiger partial charge in [-0.1, -0.05) is 134 Å². The molecule has 0 saturated carbocycles. The van der Waals surface area contributed by atoms with Gasteiger partial charge in [-0.3, -0.25) is 0 Å². The number of hydrogen-bond acceptors (Lipinski definition) is 2. The number of nitrogens with one attached hydrogen (secondary N) is 1. The van der Waals surface area contributed by atoms with Gasteiger partial charge in [0.1, 0.15) is 0 Å². The van der Waals surface area contributed by atoms with Gasteiger partial charge in [-0.05, 0) is 29.2 Å². The van der Waals surface area contributed by atoms with E-state index in [0.717, 1.165) is 0 Å². The number of benzene rings is 4. The molecule has 0 fully saturated rings. The average Bonchev–Trinajstić information content (AvgIpc) is 2.89. The second-order valence-corrected chi connectivity index (χ2v) is 13.8. The van der Waals surface area contributed by atoms with E-state index in [4.69, 9.17) is 4.74 Å². The molecule has 0 spiro atoms. The van der Waals surface area contributed by atoms with Crippen LogP contribution in [0.5, 0.6) is 0 Å². The van der Waals surface area contributed by atoms with Crippen LogP contribution in [0.4, 0.5) is 0 Å². The highest BCUT2D eigenvalue weighted by Gasteiger charge is 2.52. The molecule has 0 heterocycles. The lowest BCUT2D eigenvalue weighted by atomic mass is 9.69. The molecule has 174 valence electrons. The first-order chi connectivity index (χ1) is 16.5. The van der Waals surface area contributed by atoms with E-state index in [0.29, 0.717) is 0 Å². The molecule has 0 aliphatic heterocycles. The highest BCUT2D eigenvalue weighted by Crippen LogP contribution is 2.46. The van der Waals surface area contributed by atoms with E-state index in [9.17, 15) is 0 Å². The summed E-state index contributed by atoms with van der Waals surface area (Å²) in [5.74, 6) is 0. The third-order valence-corrected chi connectivity index (χ3v) is 10.0. The predicted molar refractivity (Wildman–Crippen MR) is 145 cm³/mol. The van der Waals surface area contributed by atoms with Gasteiger partial charge in [0.2, 0.25) is 0 Å². The van der Waals surface area contributed by atoms with Gasteiger partial charge in [0.15, 0.2) is 8.24 Å². The maximum absolute atomic E-state index is 6.58. The summed E-state index contributed by atoms with van der Waals surface area (Å²) in [6, 6.07) is 43.5. The van der Waals surface area contributed by atoms with E-state index in [1.807, 2.05) is 7.11 Å². The van der Waals surface area contributed by atoms with Crippen LogP contribution in [0, 0.1) is 0 Å². The largest absolute Gasteiger partial charge is 0.382 e. The van der Waals surface area contributed by atoms with E-state index >= 15 is 0 Å². The van der Waals surface area contributed by atoms with Gasteiger partial charge in [-0.25, -0.2) is 0 Å². The molecule has 4 aromatic carbocycles. The number of ether oxygens (including phenoxy) is 1. The Morgan fingerprint density at radius 2 is 0.971 bits per heavy atom. The fraction of sp³-hybridized carbons (Fsp3) is 0.226. The maximum Gasteiger partial charge on any atom is 0.153 e. The Hall–Kier alpha value is -2.98. The van der Waals surface area contributed by atoms with Gasteiger partial charge in [-0.2, -0.15) is 0 Å². The fourth-order valence-electron chi connectivity index (χ4n) is 5.53. The van der Waals surface area contributed by atoms with Gasteiger partial charge in [-0.15, -0.1) is 0 Å². The molecule has 4 aromatic rings. The molecule has 0 unspecified atom stereocenters. The van der Waals surface area contributed by atoms with Crippen molar-refractivity contribution in [1.82, 2.24) is 4.98 Å². The van der Waals surface area contributed by atoms with Crippen LogP contribution < -0.4 is 4.98 Å². The highest BCUT2D eigenvalue weighted by molar-refractivity contribution is 6.76. The predicted octanol–water partition coefficient (Wildman–Crippen LogP) is 7.13. The second-order valence-electron chi connectivity index (χ2n) is 9.52. The highest BCUT2D eigenvalue weighted by atomic mass is 28.3.